The van der Waals surface area contributed by atoms with E-state index in [1.807, 2.05) is 0 Å². The van der Waals surface area contributed by atoms with Crippen LogP contribution in [0, 0.1) is 0 Å². The molecule has 32 heavy (non-hydrogen) atoms. The number of aromatic hydroxyl groups is 4. The van der Waals surface area contributed by atoms with Crippen molar-refractivity contribution in [2.75, 3.05) is 6.54 Å². The van der Waals surface area contributed by atoms with Gasteiger partial charge >= 0.3 is 0 Å². The minimum atomic E-state index is -0.680. The molecule has 1 unspecified atom stereocenters. The number of phenolic OH excluding ortho intramolecular Hbond substituents is 4. The number of para-hydroxylation sites is 2. The molecule has 2 aromatic carbocycles. The number of Topliss-reactive ketones (excluding diaryl/α,β-unsaturated/α-hetero) is 1. The third-order valence-corrected chi connectivity index (χ3v) is 5.22. The summed E-state index contributed by atoms with van der Waals surface area (Å²) in [4.78, 5) is 28.9. The molecule has 2 atom stereocenters. The summed E-state index contributed by atoms with van der Waals surface area (Å²) in [5, 5.41) is 41.5. The summed E-state index contributed by atoms with van der Waals surface area (Å²) in [5.74, 6) is -1.88. The second kappa shape index (κ2) is 10.0. The van der Waals surface area contributed by atoms with Gasteiger partial charge in [0.15, 0.2) is 28.8 Å². The number of ether oxygens (including phenoxy) is 1. The average Bonchev–Trinajstić information content (AvgIpc) is 3.15. The van der Waals surface area contributed by atoms with Crippen molar-refractivity contribution < 1.29 is 34.8 Å². The number of phenols is 4. The van der Waals surface area contributed by atoms with Crippen LogP contribution in [0.15, 0.2) is 41.4 Å². The van der Waals surface area contributed by atoms with Crippen molar-refractivity contribution >= 4 is 17.6 Å². The molecular formula is C23H26N2O7. The van der Waals surface area contributed by atoms with Crippen LogP contribution in [0.3, 0.4) is 0 Å². The Labute approximate surface area is 185 Å². The number of amides is 1. The van der Waals surface area contributed by atoms with Gasteiger partial charge in [-0.25, -0.2) is 4.99 Å². The van der Waals surface area contributed by atoms with Crippen LogP contribution in [0.25, 0.3) is 0 Å². The molecule has 2 aromatic rings. The Kier molecular flexibility index (Phi) is 7.19. The Hall–Kier alpha value is -3.75. The van der Waals surface area contributed by atoms with Crippen LogP contribution in [0.2, 0.25) is 0 Å². The van der Waals surface area contributed by atoms with Gasteiger partial charge in [-0.3, -0.25) is 9.59 Å². The van der Waals surface area contributed by atoms with Crippen molar-refractivity contribution in [2.45, 2.75) is 44.8 Å². The first-order valence-electron chi connectivity index (χ1n) is 10.4. The van der Waals surface area contributed by atoms with Gasteiger partial charge in [0.25, 0.3) is 5.91 Å². The third-order valence-electron chi connectivity index (χ3n) is 5.22. The van der Waals surface area contributed by atoms with E-state index in [9.17, 15) is 30.0 Å². The highest BCUT2D eigenvalue weighted by Crippen LogP contribution is 2.32. The molecule has 1 aliphatic rings. The maximum atomic E-state index is 12.6. The van der Waals surface area contributed by atoms with Crippen molar-refractivity contribution in [1.82, 2.24) is 5.32 Å². The molecule has 0 saturated carbocycles. The molecule has 0 fully saturated rings. The van der Waals surface area contributed by atoms with E-state index in [1.54, 1.807) is 19.1 Å². The van der Waals surface area contributed by atoms with Crippen LogP contribution in [0.5, 0.6) is 23.0 Å². The fraction of sp³-hybridized carbons (Fsp3) is 0.348. The number of unbranched alkanes of at least 4 members (excludes halogenated alkanes) is 2. The first-order valence-corrected chi connectivity index (χ1v) is 10.4. The Morgan fingerprint density at radius 1 is 0.969 bits per heavy atom. The summed E-state index contributed by atoms with van der Waals surface area (Å²) >= 11 is 0. The molecule has 1 amide bonds. The predicted molar refractivity (Wildman–Crippen MR) is 116 cm³/mol. The molecule has 0 spiro atoms. The van der Waals surface area contributed by atoms with Gasteiger partial charge in [0.05, 0.1) is 11.1 Å². The van der Waals surface area contributed by atoms with Gasteiger partial charge in [-0.2, -0.15) is 0 Å². The first kappa shape index (κ1) is 22.9. The van der Waals surface area contributed by atoms with E-state index in [1.165, 1.54) is 24.3 Å². The summed E-state index contributed by atoms with van der Waals surface area (Å²) in [5.41, 5.74) is 0.238. The van der Waals surface area contributed by atoms with Crippen LogP contribution in [0.1, 0.15) is 48.5 Å². The van der Waals surface area contributed by atoms with Crippen LogP contribution < -0.4 is 5.32 Å². The monoisotopic (exact) mass is 442 g/mol. The normalized spacial score (nSPS) is 17.5. The SMILES string of the molecule is CC1OC(c2cccc(O)c2O)=N[C@@H]1C(=O)CCCCCNC(=O)c1cccc(O)c1O. The van der Waals surface area contributed by atoms with Crippen molar-refractivity contribution in [3.8, 4) is 23.0 Å². The molecule has 3 rings (SSSR count). The maximum absolute atomic E-state index is 12.6. The Bertz CT molecular complexity index is 1040. The highest BCUT2D eigenvalue weighted by molar-refractivity contribution is 6.01. The lowest BCUT2D eigenvalue weighted by Gasteiger charge is -2.12. The molecule has 0 aromatic heterocycles. The molecule has 1 heterocycles. The number of benzene rings is 2. The fourth-order valence-corrected chi connectivity index (χ4v) is 3.43. The second-order valence-electron chi connectivity index (χ2n) is 7.58. The van der Waals surface area contributed by atoms with Crippen molar-refractivity contribution in [2.24, 2.45) is 4.99 Å². The molecule has 1 aliphatic heterocycles. The van der Waals surface area contributed by atoms with Gasteiger partial charge in [0.1, 0.15) is 12.1 Å². The summed E-state index contributed by atoms with van der Waals surface area (Å²) in [6, 6.07) is 7.95. The lowest BCUT2D eigenvalue weighted by molar-refractivity contribution is -0.121. The number of nitrogens with zero attached hydrogens (tertiary/aromatic N) is 1. The van der Waals surface area contributed by atoms with Crippen LogP contribution >= 0.6 is 0 Å². The summed E-state index contributed by atoms with van der Waals surface area (Å²) in [6.45, 7) is 2.09. The number of hydrogen-bond acceptors (Lipinski definition) is 8. The summed E-state index contributed by atoms with van der Waals surface area (Å²) in [6.07, 6.45) is 1.76. The number of aliphatic imine (C=N–C) groups is 1. The molecular weight excluding hydrogens is 416 g/mol. The molecule has 9 heteroatoms. The maximum Gasteiger partial charge on any atom is 0.255 e. The molecule has 0 bridgehead atoms. The minimum Gasteiger partial charge on any atom is -0.504 e. The van der Waals surface area contributed by atoms with E-state index in [2.05, 4.69) is 10.3 Å². The van der Waals surface area contributed by atoms with Crippen LogP contribution in [-0.4, -0.2) is 56.7 Å². The van der Waals surface area contributed by atoms with E-state index < -0.39 is 23.8 Å². The van der Waals surface area contributed by atoms with E-state index in [4.69, 9.17) is 4.74 Å². The van der Waals surface area contributed by atoms with E-state index >= 15 is 0 Å². The van der Waals surface area contributed by atoms with E-state index in [0.29, 0.717) is 32.2 Å². The summed E-state index contributed by atoms with van der Waals surface area (Å²) < 4.78 is 5.62. The third kappa shape index (κ3) is 5.11. The lowest BCUT2D eigenvalue weighted by atomic mass is 10.0. The highest BCUT2D eigenvalue weighted by Gasteiger charge is 2.34. The molecule has 0 saturated heterocycles. The molecule has 0 aliphatic carbocycles. The highest BCUT2D eigenvalue weighted by atomic mass is 16.5. The number of nitrogens with one attached hydrogen (secondary N) is 1. The molecule has 9 nitrogen and oxygen atoms in total. The zero-order valence-electron chi connectivity index (χ0n) is 17.6. The molecule has 0 radical (unpaired) electrons. The Morgan fingerprint density at radius 2 is 1.66 bits per heavy atom. The number of rotatable bonds is 9. The van der Waals surface area contributed by atoms with Gasteiger partial charge in [-0.1, -0.05) is 18.6 Å². The van der Waals surface area contributed by atoms with Gasteiger partial charge in [0.2, 0.25) is 5.90 Å². The summed E-state index contributed by atoms with van der Waals surface area (Å²) in [7, 11) is 0. The van der Waals surface area contributed by atoms with E-state index in [0.717, 1.165) is 0 Å². The Morgan fingerprint density at radius 3 is 2.41 bits per heavy atom. The van der Waals surface area contributed by atoms with Crippen molar-refractivity contribution in [3.63, 3.8) is 0 Å². The van der Waals surface area contributed by atoms with E-state index in [-0.39, 0.29) is 40.1 Å². The minimum absolute atomic E-state index is 0.00170. The standard InChI is InChI=1S/C23H26N2O7/c1-13-19(25-23(32-13)15-8-6-11-18(28)21(15)30)16(26)9-3-2-4-12-24-22(31)14-7-5-10-17(27)20(14)29/h5-8,10-11,13,19,27-30H,2-4,9,12H2,1H3,(H,24,31)/t13?,19-/m0/s1. The smallest absolute Gasteiger partial charge is 0.255 e. The van der Waals surface area contributed by atoms with Gasteiger partial charge in [0, 0.05) is 13.0 Å². The van der Waals surface area contributed by atoms with Crippen LogP contribution in [-0.2, 0) is 9.53 Å². The van der Waals surface area contributed by atoms with Crippen LogP contribution in [0.4, 0.5) is 0 Å². The topological polar surface area (TPSA) is 149 Å². The first-order chi connectivity index (χ1) is 15.3. The second-order valence-corrected chi connectivity index (χ2v) is 7.58. The quantitative estimate of drug-likeness (QED) is 0.296. The Balaban J connectivity index is 1.43. The van der Waals surface area contributed by atoms with Gasteiger partial charge in [-0.15, -0.1) is 0 Å². The number of hydrogen-bond donors (Lipinski definition) is 5. The zero-order chi connectivity index (χ0) is 23.3. The number of carbonyl (C=O) groups is 2. The average molecular weight is 442 g/mol. The zero-order valence-corrected chi connectivity index (χ0v) is 17.6. The number of carbonyl (C=O) groups excluding carboxylic acids is 2. The van der Waals surface area contributed by atoms with Gasteiger partial charge in [-0.05, 0) is 44.0 Å². The van der Waals surface area contributed by atoms with Crippen molar-refractivity contribution in [3.05, 3.63) is 47.5 Å². The number of ketones is 1. The fourth-order valence-electron chi connectivity index (χ4n) is 3.43. The molecule has 5 N–H and O–H groups in total. The van der Waals surface area contributed by atoms with Crippen molar-refractivity contribution in [1.29, 1.82) is 0 Å². The largest absolute Gasteiger partial charge is 0.504 e. The van der Waals surface area contributed by atoms with Gasteiger partial charge < -0.3 is 30.5 Å². The lowest BCUT2D eigenvalue weighted by Crippen LogP contribution is -2.27. The molecule has 170 valence electrons. The predicted octanol–water partition coefficient (Wildman–Crippen LogP) is 2.60.